The number of aliphatic hydroxyl groups excluding tert-OH is 2. The summed E-state index contributed by atoms with van der Waals surface area (Å²) in [5, 5.41) is 18.7. The second-order valence-electron chi connectivity index (χ2n) is 9.20. The summed E-state index contributed by atoms with van der Waals surface area (Å²) < 4.78 is 4.06. The van der Waals surface area contributed by atoms with Crippen molar-refractivity contribution in [3.05, 3.63) is 68.6 Å². The number of aldehydes is 2. The van der Waals surface area contributed by atoms with Crippen molar-refractivity contribution in [1.82, 2.24) is 14.1 Å². The maximum absolute atomic E-state index is 11.7. The van der Waals surface area contributed by atoms with Crippen LogP contribution < -0.4 is 0 Å². The molecule has 3 heterocycles. The maximum Gasteiger partial charge on any atom is 0.166 e. The highest BCUT2D eigenvalue weighted by Gasteiger charge is 2.20. The number of nitrogens with one attached hydrogen (secondary N) is 1. The Kier molecular flexibility index (Phi) is 9.29. The Hall–Kier alpha value is -2.90. The Labute approximate surface area is 207 Å². The minimum atomic E-state index is 0.0833. The maximum atomic E-state index is 11.7. The lowest BCUT2D eigenvalue weighted by Gasteiger charge is -2.11. The van der Waals surface area contributed by atoms with E-state index in [1.807, 2.05) is 23.0 Å². The van der Waals surface area contributed by atoms with Crippen LogP contribution in [0.25, 0.3) is 0 Å². The smallest absolute Gasteiger partial charge is 0.166 e. The van der Waals surface area contributed by atoms with Crippen molar-refractivity contribution in [2.75, 3.05) is 13.2 Å². The summed E-state index contributed by atoms with van der Waals surface area (Å²) in [6.07, 6.45) is 6.17. The van der Waals surface area contributed by atoms with Gasteiger partial charge in [0.25, 0.3) is 0 Å². The summed E-state index contributed by atoms with van der Waals surface area (Å²) in [6.45, 7) is 9.62. The van der Waals surface area contributed by atoms with Crippen LogP contribution in [0.4, 0.5) is 0 Å². The van der Waals surface area contributed by atoms with E-state index in [4.69, 9.17) is 0 Å². The molecule has 0 amide bonds. The molecule has 3 aromatic rings. The Bertz CT molecular complexity index is 1080. The van der Waals surface area contributed by atoms with Crippen LogP contribution in [0, 0.1) is 13.8 Å². The molecule has 0 spiro atoms. The lowest BCUT2D eigenvalue weighted by atomic mass is 10.00. The summed E-state index contributed by atoms with van der Waals surface area (Å²) in [7, 11) is 0. The van der Waals surface area contributed by atoms with Crippen LogP contribution in [-0.2, 0) is 38.8 Å². The number of hydrogen-bond donors (Lipinski definition) is 3. The van der Waals surface area contributed by atoms with Crippen molar-refractivity contribution >= 4 is 12.6 Å². The van der Waals surface area contributed by atoms with E-state index in [9.17, 15) is 19.8 Å². The molecule has 0 bridgehead atoms. The highest BCUT2D eigenvalue weighted by atomic mass is 16.3. The standard InChI is InChI=1S/C28H39N3O4/c1-5-23-24(6-2)26(16-22-14-20(4)28(18-35)31(22)10-8-12-33)29-25(23)15-21-13-19(3)27(17-34)30(21)9-7-11-32/h13-14,17-18,29,32-33H,5-12,15-16H2,1-4H3. The molecule has 0 radical (unpaired) electrons. The molecule has 0 saturated heterocycles. The normalized spacial score (nSPS) is 11.4. The van der Waals surface area contributed by atoms with Crippen molar-refractivity contribution in [2.24, 2.45) is 0 Å². The first kappa shape index (κ1) is 26.7. The van der Waals surface area contributed by atoms with Gasteiger partial charge in [0.15, 0.2) is 12.6 Å². The van der Waals surface area contributed by atoms with E-state index in [-0.39, 0.29) is 13.2 Å². The van der Waals surface area contributed by atoms with E-state index in [1.165, 1.54) is 11.1 Å². The number of carbonyl (C=O) groups excluding carboxylic acids is 2. The first-order valence-corrected chi connectivity index (χ1v) is 12.6. The average Bonchev–Trinajstić information content (AvgIpc) is 3.45. The number of hydrogen-bond acceptors (Lipinski definition) is 4. The number of H-pyrrole nitrogens is 1. The molecule has 0 aliphatic rings. The number of nitrogens with zero attached hydrogens (tertiary/aromatic N) is 2. The minimum Gasteiger partial charge on any atom is -0.396 e. The van der Waals surface area contributed by atoms with Crippen LogP contribution in [0.5, 0.6) is 0 Å². The van der Waals surface area contributed by atoms with Crippen LogP contribution in [0.15, 0.2) is 12.1 Å². The number of aliphatic hydroxyl groups is 2. The van der Waals surface area contributed by atoms with Crippen molar-refractivity contribution in [1.29, 1.82) is 0 Å². The fraction of sp³-hybridized carbons (Fsp3) is 0.500. The lowest BCUT2D eigenvalue weighted by molar-refractivity contribution is 0.110. The summed E-state index contributed by atoms with van der Waals surface area (Å²) in [5.74, 6) is 0. The van der Waals surface area contributed by atoms with Crippen LogP contribution in [-0.4, -0.2) is 50.1 Å². The Morgan fingerprint density at radius 2 is 1.17 bits per heavy atom. The molecule has 0 saturated carbocycles. The Morgan fingerprint density at radius 3 is 1.49 bits per heavy atom. The third kappa shape index (κ3) is 5.52. The first-order valence-electron chi connectivity index (χ1n) is 12.6. The van der Waals surface area contributed by atoms with E-state index in [1.54, 1.807) is 0 Å². The van der Waals surface area contributed by atoms with Crippen molar-refractivity contribution in [3.8, 4) is 0 Å². The molecule has 3 rings (SSSR count). The molecule has 0 aliphatic carbocycles. The fourth-order valence-corrected chi connectivity index (χ4v) is 5.35. The van der Waals surface area contributed by atoms with Gasteiger partial charge in [-0.3, -0.25) is 9.59 Å². The molecule has 0 unspecified atom stereocenters. The van der Waals surface area contributed by atoms with E-state index < -0.39 is 0 Å². The zero-order valence-electron chi connectivity index (χ0n) is 21.5. The SMILES string of the molecule is CCc1c(Cc2cc(C)c(C=O)n2CCCO)[nH]c(Cc2cc(C)c(C=O)n2CCCO)c1CC. The molecule has 190 valence electrons. The van der Waals surface area contributed by atoms with Gasteiger partial charge in [-0.25, -0.2) is 0 Å². The largest absolute Gasteiger partial charge is 0.396 e. The van der Waals surface area contributed by atoms with E-state index in [0.29, 0.717) is 50.2 Å². The summed E-state index contributed by atoms with van der Waals surface area (Å²) in [6, 6.07) is 4.15. The predicted octanol–water partition coefficient (Wildman–Crippen LogP) is 3.93. The van der Waals surface area contributed by atoms with Gasteiger partial charge in [-0.1, -0.05) is 13.8 Å². The molecule has 7 nitrogen and oxygen atoms in total. The second-order valence-corrected chi connectivity index (χ2v) is 9.20. The molecule has 3 N–H and O–H groups in total. The van der Waals surface area contributed by atoms with Gasteiger partial charge in [-0.2, -0.15) is 0 Å². The fourth-order valence-electron chi connectivity index (χ4n) is 5.35. The lowest BCUT2D eigenvalue weighted by Crippen LogP contribution is -2.10. The van der Waals surface area contributed by atoms with Crippen LogP contribution in [0.1, 0.15) is 92.7 Å². The predicted molar refractivity (Wildman–Crippen MR) is 138 cm³/mol. The van der Waals surface area contributed by atoms with E-state index >= 15 is 0 Å². The highest BCUT2D eigenvalue weighted by Crippen LogP contribution is 2.28. The molecule has 7 heteroatoms. The topological polar surface area (TPSA) is 100 Å². The highest BCUT2D eigenvalue weighted by molar-refractivity contribution is 5.76. The van der Waals surface area contributed by atoms with Gasteiger partial charge >= 0.3 is 0 Å². The molecule has 0 fully saturated rings. The third-order valence-corrected chi connectivity index (χ3v) is 6.97. The minimum absolute atomic E-state index is 0.0833. The van der Waals surface area contributed by atoms with E-state index in [0.717, 1.165) is 59.3 Å². The van der Waals surface area contributed by atoms with Gasteiger partial charge in [-0.05, 0) is 73.9 Å². The quantitative estimate of drug-likeness (QED) is 0.304. The molecule has 0 aliphatic heterocycles. The summed E-state index contributed by atoms with van der Waals surface area (Å²) >= 11 is 0. The van der Waals surface area contributed by atoms with Gasteiger partial charge < -0.3 is 24.3 Å². The van der Waals surface area contributed by atoms with Crippen LogP contribution >= 0.6 is 0 Å². The molecular formula is C28H39N3O4. The average molecular weight is 482 g/mol. The Morgan fingerprint density at radius 1 is 0.771 bits per heavy atom. The van der Waals surface area contributed by atoms with Crippen molar-refractivity contribution in [3.63, 3.8) is 0 Å². The van der Waals surface area contributed by atoms with Gasteiger partial charge in [0, 0.05) is 61.9 Å². The van der Waals surface area contributed by atoms with Crippen molar-refractivity contribution in [2.45, 2.75) is 79.3 Å². The zero-order valence-corrected chi connectivity index (χ0v) is 21.5. The molecule has 35 heavy (non-hydrogen) atoms. The molecule has 0 aromatic carbocycles. The number of aromatic amines is 1. The monoisotopic (exact) mass is 481 g/mol. The Balaban J connectivity index is 2.02. The first-order chi connectivity index (χ1) is 16.9. The number of rotatable bonds is 14. The zero-order chi connectivity index (χ0) is 25.5. The molecular weight excluding hydrogens is 442 g/mol. The van der Waals surface area contributed by atoms with Gasteiger partial charge in [0.05, 0.1) is 11.4 Å². The third-order valence-electron chi connectivity index (χ3n) is 6.97. The van der Waals surface area contributed by atoms with Gasteiger partial charge in [0.1, 0.15) is 0 Å². The van der Waals surface area contributed by atoms with Gasteiger partial charge in [-0.15, -0.1) is 0 Å². The second kappa shape index (κ2) is 12.2. The van der Waals surface area contributed by atoms with E-state index in [2.05, 4.69) is 31.0 Å². The van der Waals surface area contributed by atoms with Gasteiger partial charge in [0.2, 0.25) is 0 Å². The summed E-state index contributed by atoms with van der Waals surface area (Å²) in [4.78, 5) is 27.2. The van der Waals surface area contributed by atoms with Crippen LogP contribution in [0.2, 0.25) is 0 Å². The van der Waals surface area contributed by atoms with Crippen molar-refractivity contribution < 1.29 is 19.8 Å². The van der Waals surface area contributed by atoms with Crippen LogP contribution in [0.3, 0.4) is 0 Å². The molecule has 0 atom stereocenters. The number of aromatic nitrogens is 3. The number of aryl methyl sites for hydroxylation is 2. The molecule has 3 aromatic heterocycles. The summed E-state index contributed by atoms with van der Waals surface area (Å²) in [5.41, 5.74) is 10.3. The number of carbonyl (C=O) groups is 2.